The van der Waals surface area contributed by atoms with Gasteiger partial charge in [0.2, 0.25) is 5.91 Å². The van der Waals surface area contributed by atoms with Crippen LogP contribution in [0.3, 0.4) is 0 Å². The van der Waals surface area contributed by atoms with Crippen LogP contribution in [0.15, 0.2) is 47.5 Å². The summed E-state index contributed by atoms with van der Waals surface area (Å²) in [4.78, 5) is 27.5. The summed E-state index contributed by atoms with van der Waals surface area (Å²) in [6.07, 6.45) is 4.59. The Morgan fingerprint density at radius 2 is 2.05 bits per heavy atom. The summed E-state index contributed by atoms with van der Waals surface area (Å²) in [7, 11) is 0. The van der Waals surface area contributed by atoms with Crippen molar-refractivity contribution in [3.05, 3.63) is 64.6 Å². The first-order chi connectivity index (χ1) is 10.6. The summed E-state index contributed by atoms with van der Waals surface area (Å²) in [6, 6.07) is 7.74. The lowest BCUT2D eigenvalue weighted by Gasteiger charge is -2.16. The van der Waals surface area contributed by atoms with Gasteiger partial charge in [0.25, 0.3) is 0 Å². The van der Waals surface area contributed by atoms with Crippen LogP contribution in [0.2, 0.25) is 0 Å². The van der Waals surface area contributed by atoms with Crippen LogP contribution >= 0.6 is 0 Å². The molecule has 1 aliphatic carbocycles. The Morgan fingerprint density at radius 1 is 1.32 bits per heavy atom. The maximum atomic E-state index is 13.0. The molecule has 0 bridgehead atoms. The first-order valence-corrected chi connectivity index (χ1v) is 7.18. The molecular formula is C16H16FN3O2. The Bertz CT molecular complexity index is 736. The van der Waals surface area contributed by atoms with Gasteiger partial charge in [0.1, 0.15) is 5.82 Å². The van der Waals surface area contributed by atoms with Crippen LogP contribution in [0.25, 0.3) is 0 Å². The Kier molecular flexibility index (Phi) is 3.75. The molecule has 5 nitrogen and oxygen atoms in total. The molecule has 1 amide bonds. The van der Waals surface area contributed by atoms with Crippen molar-refractivity contribution < 1.29 is 9.18 Å². The molecule has 1 aromatic carbocycles. The van der Waals surface area contributed by atoms with Gasteiger partial charge in [0, 0.05) is 25.5 Å². The molecule has 1 heterocycles. The molecule has 114 valence electrons. The van der Waals surface area contributed by atoms with E-state index in [-0.39, 0.29) is 17.4 Å². The van der Waals surface area contributed by atoms with Gasteiger partial charge >= 0.3 is 5.69 Å². The molecule has 1 N–H and O–H groups in total. The van der Waals surface area contributed by atoms with Crippen molar-refractivity contribution in [2.45, 2.75) is 24.8 Å². The summed E-state index contributed by atoms with van der Waals surface area (Å²) in [5, 5.41) is 2.85. The quantitative estimate of drug-likeness (QED) is 0.903. The van der Waals surface area contributed by atoms with Crippen LogP contribution in [0.1, 0.15) is 18.4 Å². The Labute approximate surface area is 126 Å². The van der Waals surface area contributed by atoms with Gasteiger partial charge in [0.15, 0.2) is 0 Å². The largest absolute Gasteiger partial charge is 0.354 e. The Hall–Kier alpha value is -2.50. The SMILES string of the molecule is O=C(NCCn1cccnc1=O)C1(c2ccc(F)cc2)CC1. The average Bonchev–Trinajstić information content (AvgIpc) is 3.31. The summed E-state index contributed by atoms with van der Waals surface area (Å²) in [5.74, 6) is -0.382. The van der Waals surface area contributed by atoms with Crippen molar-refractivity contribution in [3.63, 3.8) is 0 Å². The van der Waals surface area contributed by atoms with Crippen LogP contribution in [0.4, 0.5) is 4.39 Å². The minimum Gasteiger partial charge on any atom is -0.354 e. The fourth-order valence-electron chi connectivity index (χ4n) is 2.56. The number of nitrogens with zero attached hydrogens (tertiary/aromatic N) is 2. The molecule has 6 heteroatoms. The highest BCUT2D eigenvalue weighted by Crippen LogP contribution is 2.48. The third-order valence-corrected chi connectivity index (χ3v) is 4.00. The van der Waals surface area contributed by atoms with Crippen molar-refractivity contribution in [2.75, 3.05) is 6.54 Å². The monoisotopic (exact) mass is 301 g/mol. The van der Waals surface area contributed by atoms with Gasteiger partial charge < -0.3 is 5.32 Å². The van der Waals surface area contributed by atoms with Gasteiger partial charge in [-0.25, -0.2) is 14.2 Å². The van der Waals surface area contributed by atoms with Gasteiger partial charge in [-0.3, -0.25) is 9.36 Å². The average molecular weight is 301 g/mol. The lowest BCUT2D eigenvalue weighted by Crippen LogP contribution is -2.37. The summed E-state index contributed by atoms with van der Waals surface area (Å²) < 4.78 is 14.4. The first kappa shape index (κ1) is 14.4. The highest BCUT2D eigenvalue weighted by Gasteiger charge is 2.50. The molecule has 0 unspecified atom stereocenters. The highest BCUT2D eigenvalue weighted by molar-refractivity contribution is 5.91. The number of benzene rings is 1. The number of hydrogen-bond donors (Lipinski definition) is 1. The van der Waals surface area contributed by atoms with Crippen LogP contribution in [0.5, 0.6) is 0 Å². The van der Waals surface area contributed by atoms with Crippen molar-refractivity contribution in [1.29, 1.82) is 0 Å². The van der Waals surface area contributed by atoms with E-state index in [0.29, 0.717) is 13.1 Å². The molecular weight excluding hydrogens is 285 g/mol. The fourth-order valence-corrected chi connectivity index (χ4v) is 2.56. The number of nitrogens with one attached hydrogen (secondary N) is 1. The number of rotatable bonds is 5. The second kappa shape index (κ2) is 5.71. The molecule has 2 aromatic rings. The van der Waals surface area contributed by atoms with Crippen LogP contribution in [-0.2, 0) is 16.8 Å². The van der Waals surface area contributed by atoms with Crippen LogP contribution < -0.4 is 11.0 Å². The number of hydrogen-bond acceptors (Lipinski definition) is 3. The normalized spacial score (nSPS) is 15.3. The number of amides is 1. The second-order valence-electron chi connectivity index (χ2n) is 5.44. The smallest absolute Gasteiger partial charge is 0.347 e. The lowest BCUT2D eigenvalue weighted by atomic mass is 9.95. The predicted molar refractivity (Wildman–Crippen MR) is 78.8 cm³/mol. The van der Waals surface area contributed by atoms with Crippen molar-refractivity contribution in [1.82, 2.24) is 14.9 Å². The minimum atomic E-state index is -0.534. The zero-order chi connectivity index (χ0) is 15.6. The maximum Gasteiger partial charge on any atom is 0.347 e. The standard InChI is InChI=1S/C16H16FN3O2/c17-13-4-2-12(3-5-13)16(6-7-16)14(21)18-9-11-20-10-1-8-19-15(20)22/h1-5,8,10H,6-7,9,11H2,(H,18,21). The highest BCUT2D eigenvalue weighted by atomic mass is 19.1. The molecule has 1 saturated carbocycles. The third-order valence-electron chi connectivity index (χ3n) is 4.00. The van der Waals surface area contributed by atoms with Gasteiger partial charge in [0.05, 0.1) is 5.41 Å². The van der Waals surface area contributed by atoms with Gasteiger partial charge in [-0.1, -0.05) is 12.1 Å². The van der Waals surface area contributed by atoms with E-state index in [9.17, 15) is 14.0 Å². The van der Waals surface area contributed by atoms with E-state index in [1.54, 1.807) is 24.4 Å². The molecule has 0 saturated heterocycles. The van der Waals surface area contributed by atoms with E-state index in [2.05, 4.69) is 10.3 Å². The number of halogens is 1. The van der Waals surface area contributed by atoms with Crippen LogP contribution in [-0.4, -0.2) is 22.0 Å². The Morgan fingerprint density at radius 3 is 2.68 bits per heavy atom. The van der Waals surface area contributed by atoms with Gasteiger partial charge in [-0.15, -0.1) is 0 Å². The maximum absolute atomic E-state index is 13.0. The van der Waals surface area contributed by atoms with E-state index in [4.69, 9.17) is 0 Å². The number of carbonyl (C=O) groups excluding carboxylic acids is 1. The predicted octanol–water partition coefficient (Wildman–Crippen LogP) is 1.23. The molecule has 1 aliphatic rings. The van der Waals surface area contributed by atoms with Crippen molar-refractivity contribution in [2.24, 2.45) is 0 Å². The minimum absolute atomic E-state index is 0.0731. The topological polar surface area (TPSA) is 64.0 Å². The van der Waals surface area contributed by atoms with E-state index in [1.807, 2.05) is 0 Å². The summed E-state index contributed by atoms with van der Waals surface area (Å²) in [6.45, 7) is 0.727. The fraction of sp³-hybridized carbons (Fsp3) is 0.312. The molecule has 3 rings (SSSR count). The molecule has 0 radical (unpaired) electrons. The second-order valence-corrected chi connectivity index (χ2v) is 5.44. The van der Waals surface area contributed by atoms with Crippen LogP contribution in [0, 0.1) is 5.82 Å². The third kappa shape index (κ3) is 2.77. The van der Waals surface area contributed by atoms with E-state index in [0.717, 1.165) is 18.4 Å². The van der Waals surface area contributed by atoms with E-state index >= 15 is 0 Å². The molecule has 1 aromatic heterocycles. The van der Waals surface area contributed by atoms with Crippen molar-refractivity contribution >= 4 is 5.91 Å². The number of carbonyl (C=O) groups is 1. The van der Waals surface area contributed by atoms with Gasteiger partial charge in [-0.05, 0) is 36.6 Å². The summed E-state index contributed by atoms with van der Waals surface area (Å²) >= 11 is 0. The molecule has 0 atom stereocenters. The summed E-state index contributed by atoms with van der Waals surface area (Å²) in [5.41, 5.74) is -0.0329. The molecule has 22 heavy (non-hydrogen) atoms. The Balaban J connectivity index is 1.61. The zero-order valence-corrected chi connectivity index (χ0v) is 12.0. The zero-order valence-electron chi connectivity index (χ0n) is 12.0. The number of aromatic nitrogens is 2. The first-order valence-electron chi connectivity index (χ1n) is 7.18. The molecule has 0 aliphatic heterocycles. The lowest BCUT2D eigenvalue weighted by molar-refractivity contribution is -0.123. The molecule has 1 fully saturated rings. The van der Waals surface area contributed by atoms with Crippen molar-refractivity contribution in [3.8, 4) is 0 Å². The van der Waals surface area contributed by atoms with E-state index in [1.165, 1.54) is 22.9 Å². The van der Waals surface area contributed by atoms with Gasteiger partial charge in [-0.2, -0.15) is 0 Å². The van der Waals surface area contributed by atoms with E-state index < -0.39 is 5.41 Å². The molecule has 0 spiro atoms.